The van der Waals surface area contributed by atoms with Gasteiger partial charge in [0.05, 0.1) is 6.10 Å². The summed E-state index contributed by atoms with van der Waals surface area (Å²) in [4.78, 5) is 26.3. The quantitative estimate of drug-likeness (QED) is 0.871. The maximum absolute atomic E-state index is 12.6. The first kappa shape index (κ1) is 17.0. The molecule has 24 heavy (non-hydrogen) atoms. The molecular weight excluding hydrogens is 304 g/mol. The highest BCUT2D eigenvalue weighted by atomic mass is 16.3. The molecule has 4 unspecified atom stereocenters. The van der Waals surface area contributed by atoms with Gasteiger partial charge in [-0.3, -0.25) is 9.59 Å². The van der Waals surface area contributed by atoms with Gasteiger partial charge in [0.2, 0.25) is 5.91 Å². The Kier molecular flexibility index (Phi) is 4.90. The number of amides is 2. The maximum Gasteiger partial charge on any atom is 0.253 e. The second-order valence-electron chi connectivity index (χ2n) is 7.33. The van der Waals surface area contributed by atoms with E-state index in [1.54, 1.807) is 30.1 Å². The fourth-order valence-corrected chi connectivity index (χ4v) is 3.54. The number of benzene rings is 1. The number of nitrogens with zero attached hydrogens (tertiary/aromatic N) is 1. The lowest BCUT2D eigenvalue weighted by Crippen LogP contribution is -2.34. The molecule has 2 amide bonds. The van der Waals surface area contributed by atoms with E-state index in [-0.39, 0.29) is 29.8 Å². The minimum absolute atomic E-state index is 0.0366. The van der Waals surface area contributed by atoms with Crippen molar-refractivity contribution in [3.05, 3.63) is 29.8 Å². The third kappa shape index (κ3) is 3.78. The number of nitrogens with one attached hydrogen (secondary N) is 1. The lowest BCUT2D eigenvalue weighted by molar-refractivity contribution is -0.117. The first-order valence-corrected chi connectivity index (χ1v) is 8.80. The minimum atomic E-state index is -0.300. The lowest BCUT2D eigenvalue weighted by Gasteiger charge is -2.23. The molecule has 4 atom stereocenters. The molecule has 1 aromatic carbocycles. The Bertz CT molecular complexity index is 631. The molecular formula is C19H26N2O3. The van der Waals surface area contributed by atoms with E-state index in [0.29, 0.717) is 23.7 Å². The van der Waals surface area contributed by atoms with Crippen LogP contribution < -0.4 is 5.32 Å². The van der Waals surface area contributed by atoms with Crippen LogP contribution in [-0.4, -0.2) is 41.5 Å². The van der Waals surface area contributed by atoms with Crippen molar-refractivity contribution in [3.8, 4) is 0 Å². The van der Waals surface area contributed by atoms with Crippen LogP contribution in [0.2, 0.25) is 0 Å². The molecule has 0 aliphatic heterocycles. The summed E-state index contributed by atoms with van der Waals surface area (Å²) in [6.07, 6.45) is 3.46. The largest absolute Gasteiger partial charge is 0.393 e. The molecule has 2 saturated carbocycles. The normalized spacial score (nSPS) is 28.5. The molecule has 2 N–H and O–H groups in total. The van der Waals surface area contributed by atoms with E-state index in [2.05, 4.69) is 12.2 Å². The SMILES string of the molecule is CC1CC1C(=O)Nc1cccc(C(=O)N(C)CC2CCCC2O)c1. The maximum atomic E-state index is 12.6. The number of anilines is 1. The van der Waals surface area contributed by atoms with Crippen LogP contribution in [0.1, 0.15) is 43.0 Å². The Balaban J connectivity index is 1.61. The monoisotopic (exact) mass is 330 g/mol. The predicted molar refractivity (Wildman–Crippen MR) is 92.7 cm³/mol. The van der Waals surface area contributed by atoms with Gasteiger partial charge < -0.3 is 15.3 Å². The van der Waals surface area contributed by atoms with E-state index < -0.39 is 0 Å². The average Bonchev–Trinajstić information content (AvgIpc) is 3.17. The summed E-state index contributed by atoms with van der Waals surface area (Å²) in [5.41, 5.74) is 1.23. The molecule has 2 aliphatic carbocycles. The Morgan fingerprint density at radius 3 is 2.71 bits per heavy atom. The summed E-state index contributed by atoms with van der Waals surface area (Å²) in [7, 11) is 1.77. The van der Waals surface area contributed by atoms with Crippen LogP contribution >= 0.6 is 0 Å². The molecule has 0 heterocycles. The molecule has 3 rings (SSSR count). The van der Waals surface area contributed by atoms with Crippen LogP contribution in [0.3, 0.4) is 0 Å². The molecule has 130 valence electrons. The van der Waals surface area contributed by atoms with Gasteiger partial charge in [-0.25, -0.2) is 0 Å². The Labute approximate surface area is 143 Å². The first-order valence-electron chi connectivity index (χ1n) is 8.80. The second-order valence-corrected chi connectivity index (χ2v) is 7.33. The predicted octanol–water partition coefficient (Wildman–Crippen LogP) is 2.51. The van der Waals surface area contributed by atoms with Crippen molar-refractivity contribution in [1.29, 1.82) is 0 Å². The molecule has 0 spiro atoms. The molecule has 0 radical (unpaired) electrons. The van der Waals surface area contributed by atoms with Gasteiger partial charge in [-0.05, 0) is 43.4 Å². The number of carbonyl (C=O) groups is 2. The van der Waals surface area contributed by atoms with E-state index in [1.165, 1.54) is 0 Å². The summed E-state index contributed by atoms with van der Waals surface area (Å²) in [6, 6.07) is 7.09. The average molecular weight is 330 g/mol. The molecule has 5 heteroatoms. The third-order valence-electron chi connectivity index (χ3n) is 5.30. The Morgan fingerprint density at radius 1 is 1.33 bits per heavy atom. The van der Waals surface area contributed by atoms with E-state index >= 15 is 0 Å². The van der Waals surface area contributed by atoms with Crippen LogP contribution in [0, 0.1) is 17.8 Å². The second kappa shape index (κ2) is 6.93. The smallest absolute Gasteiger partial charge is 0.253 e. The topological polar surface area (TPSA) is 69.6 Å². The van der Waals surface area contributed by atoms with E-state index in [1.807, 2.05) is 6.07 Å². The van der Waals surface area contributed by atoms with Crippen molar-refractivity contribution in [2.24, 2.45) is 17.8 Å². The number of aliphatic hydroxyl groups excluding tert-OH is 1. The van der Waals surface area contributed by atoms with Crippen LogP contribution in [-0.2, 0) is 4.79 Å². The minimum Gasteiger partial charge on any atom is -0.393 e. The number of hydrogen-bond acceptors (Lipinski definition) is 3. The van der Waals surface area contributed by atoms with Crippen molar-refractivity contribution >= 4 is 17.5 Å². The third-order valence-corrected chi connectivity index (χ3v) is 5.30. The van der Waals surface area contributed by atoms with E-state index in [0.717, 1.165) is 25.7 Å². The van der Waals surface area contributed by atoms with Crippen molar-refractivity contribution < 1.29 is 14.7 Å². The highest BCUT2D eigenvalue weighted by Gasteiger charge is 2.39. The van der Waals surface area contributed by atoms with Gasteiger partial charge in [0, 0.05) is 36.7 Å². The fourth-order valence-electron chi connectivity index (χ4n) is 3.54. The van der Waals surface area contributed by atoms with Crippen LogP contribution in [0.25, 0.3) is 0 Å². The van der Waals surface area contributed by atoms with Gasteiger partial charge in [-0.1, -0.05) is 19.4 Å². The standard InChI is InChI=1S/C19H26N2O3/c1-12-9-16(12)18(23)20-15-7-3-5-13(10-15)19(24)21(2)11-14-6-4-8-17(14)22/h3,5,7,10,12,14,16-17,22H,4,6,8-9,11H2,1-2H3,(H,20,23). The van der Waals surface area contributed by atoms with Crippen molar-refractivity contribution in [2.75, 3.05) is 18.9 Å². The number of hydrogen-bond donors (Lipinski definition) is 2. The summed E-state index contributed by atoms with van der Waals surface area (Å²) >= 11 is 0. The summed E-state index contributed by atoms with van der Waals surface area (Å²) in [6.45, 7) is 2.63. The number of carbonyl (C=O) groups excluding carboxylic acids is 2. The molecule has 0 bridgehead atoms. The van der Waals surface area contributed by atoms with Crippen molar-refractivity contribution in [3.63, 3.8) is 0 Å². The first-order chi connectivity index (χ1) is 11.5. The summed E-state index contributed by atoms with van der Waals surface area (Å²) < 4.78 is 0. The molecule has 0 aromatic heterocycles. The number of aliphatic hydroxyl groups is 1. The van der Waals surface area contributed by atoms with E-state index in [4.69, 9.17) is 0 Å². The Hall–Kier alpha value is -1.88. The summed E-state index contributed by atoms with van der Waals surface area (Å²) in [5.74, 6) is 0.687. The van der Waals surface area contributed by atoms with Crippen LogP contribution in [0.5, 0.6) is 0 Å². The fraction of sp³-hybridized carbons (Fsp3) is 0.579. The highest BCUT2D eigenvalue weighted by molar-refractivity contribution is 5.98. The lowest BCUT2D eigenvalue weighted by atomic mass is 10.1. The zero-order valence-electron chi connectivity index (χ0n) is 14.4. The zero-order chi connectivity index (χ0) is 17.3. The molecule has 5 nitrogen and oxygen atoms in total. The van der Waals surface area contributed by atoms with Gasteiger partial charge in [-0.2, -0.15) is 0 Å². The van der Waals surface area contributed by atoms with Crippen molar-refractivity contribution in [2.45, 2.75) is 38.7 Å². The van der Waals surface area contributed by atoms with E-state index in [9.17, 15) is 14.7 Å². The van der Waals surface area contributed by atoms with Crippen LogP contribution in [0.4, 0.5) is 5.69 Å². The zero-order valence-corrected chi connectivity index (χ0v) is 14.4. The molecule has 2 aliphatic rings. The Morgan fingerprint density at radius 2 is 2.08 bits per heavy atom. The summed E-state index contributed by atoms with van der Waals surface area (Å²) in [5, 5.41) is 12.8. The van der Waals surface area contributed by atoms with Gasteiger partial charge >= 0.3 is 0 Å². The molecule has 2 fully saturated rings. The van der Waals surface area contributed by atoms with Gasteiger partial charge in [-0.15, -0.1) is 0 Å². The van der Waals surface area contributed by atoms with Gasteiger partial charge in [0.25, 0.3) is 5.91 Å². The van der Waals surface area contributed by atoms with Crippen molar-refractivity contribution in [1.82, 2.24) is 4.90 Å². The van der Waals surface area contributed by atoms with Crippen LogP contribution in [0.15, 0.2) is 24.3 Å². The van der Waals surface area contributed by atoms with Gasteiger partial charge in [0.15, 0.2) is 0 Å². The molecule has 0 saturated heterocycles. The number of rotatable bonds is 5. The highest BCUT2D eigenvalue weighted by Crippen LogP contribution is 2.38. The molecule has 1 aromatic rings. The van der Waals surface area contributed by atoms with Gasteiger partial charge in [0.1, 0.15) is 0 Å².